The van der Waals surface area contributed by atoms with E-state index in [1.165, 1.54) is 0 Å². The van der Waals surface area contributed by atoms with Crippen LogP contribution in [0.2, 0.25) is 0 Å². The minimum Gasteiger partial charge on any atom is -0.454 e. The average Bonchev–Trinajstić information content (AvgIpc) is 2.38. The smallest absolute Gasteiger partial charge is 0.422 e. The van der Waals surface area contributed by atoms with Gasteiger partial charge in [0.05, 0.1) is 5.92 Å². The summed E-state index contributed by atoms with van der Waals surface area (Å²) >= 11 is 0. The molecule has 0 bridgehead atoms. The van der Waals surface area contributed by atoms with Gasteiger partial charge in [-0.1, -0.05) is 48.0 Å². The van der Waals surface area contributed by atoms with Gasteiger partial charge in [-0.3, -0.25) is 4.79 Å². The number of ether oxygens (including phenoxy) is 2. The highest BCUT2D eigenvalue weighted by Crippen LogP contribution is 2.38. The number of hydrogen-bond donors (Lipinski definition) is 0. The molecule has 0 saturated carbocycles. The number of carbonyl (C=O) groups is 2. The van der Waals surface area contributed by atoms with Gasteiger partial charge in [-0.15, -0.1) is 0 Å². The summed E-state index contributed by atoms with van der Waals surface area (Å²) in [7, 11) is 0. The average molecular weight is 340 g/mol. The van der Waals surface area contributed by atoms with E-state index in [0.29, 0.717) is 6.42 Å². The number of halogens is 3. The van der Waals surface area contributed by atoms with Gasteiger partial charge in [-0.25, -0.2) is 4.79 Å². The van der Waals surface area contributed by atoms with E-state index < -0.39 is 37.2 Å². The molecule has 23 heavy (non-hydrogen) atoms. The van der Waals surface area contributed by atoms with Crippen molar-refractivity contribution in [1.29, 1.82) is 0 Å². The summed E-state index contributed by atoms with van der Waals surface area (Å²) in [5, 5.41) is 0. The van der Waals surface area contributed by atoms with Gasteiger partial charge >= 0.3 is 18.1 Å². The maximum atomic E-state index is 12.2. The Morgan fingerprint density at radius 3 is 1.91 bits per heavy atom. The Morgan fingerprint density at radius 2 is 1.52 bits per heavy atom. The predicted molar refractivity (Wildman–Crippen MR) is 79.6 cm³/mol. The maximum Gasteiger partial charge on any atom is 0.422 e. The molecular formula is C16H27F3O4. The molecule has 0 rings (SSSR count). The summed E-state index contributed by atoms with van der Waals surface area (Å²) in [4.78, 5) is 23.4. The molecule has 0 aromatic heterocycles. The molecule has 0 fully saturated rings. The highest BCUT2D eigenvalue weighted by molar-refractivity contribution is 5.78. The van der Waals surface area contributed by atoms with Crippen LogP contribution in [0.25, 0.3) is 0 Å². The van der Waals surface area contributed by atoms with Crippen LogP contribution in [-0.4, -0.2) is 31.3 Å². The second-order valence-corrected chi connectivity index (χ2v) is 7.52. The second kappa shape index (κ2) is 8.02. The molecule has 0 aromatic rings. The fraction of sp³-hybridized carbons (Fsp3) is 0.875. The summed E-state index contributed by atoms with van der Waals surface area (Å²) in [6, 6.07) is 0. The zero-order valence-corrected chi connectivity index (χ0v) is 14.7. The van der Waals surface area contributed by atoms with E-state index in [-0.39, 0.29) is 10.8 Å². The van der Waals surface area contributed by atoms with Crippen molar-refractivity contribution in [2.45, 2.75) is 60.6 Å². The third-order valence-electron chi connectivity index (χ3n) is 3.77. The fourth-order valence-corrected chi connectivity index (χ4v) is 1.87. The van der Waals surface area contributed by atoms with Crippen molar-refractivity contribution in [3.05, 3.63) is 0 Å². The van der Waals surface area contributed by atoms with E-state index in [2.05, 4.69) is 4.74 Å². The minimum absolute atomic E-state index is 0.0895. The summed E-state index contributed by atoms with van der Waals surface area (Å²) in [5.74, 6) is -2.27. The molecule has 0 aromatic carbocycles. The predicted octanol–water partition coefficient (Wildman–Crippen LogP) is 4.12. The summed E-state index contributed by atoms with van der Waals surface area (Å²) < 4.78 is 44.7. The molecule has 0 heterocycles. The molecule has 4 nitrogen and oxygen atoms in total. The lowest BCUT2D eigenvalue weighted by Crippen LogP contribution is -2.35. The molecular weight excluding hydrogens is 313 g/mol. The molecule has 0 radical (unpaired) electrons. The number of hydrogen-bond acceptors (Lipinski definition) is 4. The normalized spacial score (nSPS) is 14.3. The van der Waals surface area contributed by atoms with Crippen LogP contribution in [0.4, 0.5) is 13.2 Å². The van der Waals surface area contributed by atoms with Crippen molar-refractivity contribution < 1.29 is 32.2 Å². The summed E-state index contributed by atoms with van der Waals surface area (Å²) in [6.07, 6.45) is -3.18. The van der Waals surface area contributed by atoms with Crippen LogP contribution in [0.5, 0.6) is 0 Å². The Balaban J connectivity index is 4.66. The zero-order chi connectivity index (χ0) is 18.5. The number of esters is 2. The standard InChI is InChI=1S/C16H27F3O4/c1-7-15(5,6)8-11(14(2,3)4)13(21)22-9-12(20)23-10-16(17,18)19/h11H,7-10H2,1-6H3. The number of rotatable bonds is 7. The quantitative estimate of drug-likeness (QED) is 0.654. The largest absolute Gasteiger partial charge is 0.454 e. The van der Waals surface area contributed by atoms with Crippen molar-refractivity contribution >= 4 is 11.9 Å². The Hall–Kier alpha value is -1.27. The van der Waals surface area contributed by atoms with Crippen LogP contribution in [-0.2, 0) is 19.1 Å². The van der Waals surface area contributed by atoms with E-state index >= 15 is 0 Å². The van der Waals surface area contributed by atoms with Crippen LogP contribution in [0, 0.1) is 16.7 Å². The minimum atomic E-state index is -4.60. The van der Waals surface area contributed by atoms with Crippen molar-refractivity contribution in [2.24, 2.45) is 16.7 Å². The van der Waals surface area contributed by atoms with Crippen LogP contribution < -0.4 is 0 Å². The molecule has 1 atom stereocenters. The number of alkyl halides is 3. The van der Waals surface area contributed by atoms with Crippen molar-refractivity contribution in [1.82, 2.24) is 0 Å². The molecule has 0 amide bonds. The Kier molecular flexibility index (Phi) is 7.57. The first-order chi connectivity index (χ1) is 10.2. The summed E-state index contributed by atoms with van der Waals surface area (Å²) in [5.41, 5.74) is -0.479. The van der Waals surface area contributed by atoms with Gasteiger partial charge < -0.3 is 9.47 Å². The number of carbonyl (C=O) groups excluding carboxylic acids is 2. The van der Waals surface area contributed by atoms with Gasteiger partial charge in [0.1, 0.15) is 0 Å². The van der Waals surface area contributed by atoms with E-state index in [4.69, 9.17) is 4.74 Å². The van der Waals surface area contributed by atoms with E-state index in [1.54, 1.807) is 0 Å². The van der Waals surface area contributed by atoms with Gasteiger partial charge in [0.25, 0.3) is 0 Å². The Morgan fingerprint density at radius 1 is 1.00 bits per heavy atom. The highest BCUT2D eigenvalue weighted by Gasteiger charge is 2.37. The first-order valence-corrected chi connectivity index (χ1v) is 7.57. The molecule has 136 valence electrons. The lowest BCUT2D eigenvalue weighted by Gasteiger charge is -2.35. The molecule has 0 saturated heterocycles. The van der Waals surface area contributed by atoms with Gasteiger partial charge in [-0.05, 0) is 17.3 Å². The van der Waals surface area contributed by atoms with Crippen LogP contribution >= 0.6 is 0 Å². The van der Waals surface area contributed by atoms with Gasteiger partial charge in [0.2, 0.25) is 0 Å². The lowest BCUT2D eigenvalue weighted by atomic mass is 9.70. The first kappa shape index (κ1) is 21.7. The molecule has 0 N–H and O–H groups in total. The third-order valence-corrected chi connectivity index (χ3v) is 3.77. The highest BCUT2D eigenvalue weighted by atomic mass is 19.4. The first-order valence-electron chi connectivity index (χ1n) is 7.57. The second-order valence-electron chi connectivity index (χ2n) is 7.52. The van der Waals surface area contributed by atoms with Crippen molar-refractivity contribution in [2.75, 3.05) is 13.2 Å². The van der Waals surface area contributed by atoms with Crippen molar-refractivity contribution in [3.8, 4) is 0 Å². The molecule has 7 heteroatoms. The Labute approximate surface area is 135 Å². The van der Waals surface area contributed by atoms with Gasteiger partial charge in [-0.2, -0.15) is 13.2 Å². The molecule has 0 aliphatic rings. The fourth-order valence-electron chi connectivity index (χ4n) is 1.87. The SMILES string of the molecule is CCC(C)(C)CC(C(=O)OCC(=O)OCC(F)(F)F)C(C)(C)C. The monoisotopic (exact) mass is 340 g/mol. The maximum absolute atomic E-state index is 12.2. The van der Waals surface area contributed by atoms with Crippen molar-refractivity contribution in [3.63, 3.8) is 0 Å². The summed E-state index contributed by atoms with van der Waals surface area (Å²) in [6.45, 7) is 9.21. The van der Waals surface area contributed by atoms with Crippen LogP contribution in [0.3, 0.4) is 0 Å². The molecule has 1 unspecified atom stereocenters. The van der Waals surface area contributed by atoms with Gasteiger partial charge in [0, 0.05) is 0 Å². The zero-order valence-electron chi connectivity index (χ0n) is 14.7. The lowest BCUT2D eigenvalue weighted by molar-refractivity contribution is -0.190. The van der Waals surface area contributed by atoms with E-state index in [9.17, 15) is 22.8 Å². The molecule has 0 aliphatic carbocycles. The van der Waals surface area contributed by atoms with Gasteiger partial charge in [0.15, 0.2) is 13.2 Å². The van der Waals surface area contributed by atoms with Crippen LogP contribution in [0.15, 0.2) is 0 Å². The van der Waals surface area contributed by atoms with Crippen LogP contribution in [0.1, 0.15) is 54.4 Å². The Bertz CT molecular complexity index is 409. The molecule has 0 spiro atoms. The third kappa shape index (κ3) is 9.46. The molecule has 0 aliphatic heterocycles. The topological polar surface area (TPSA) is 52.6 Å². The van der Waals surface area contributed by atoms with E-state index in [1.807, 2.05) is 41.5 Å². The van der Waals surface area contributed by atoms with E-state index in [0.717, 1.165) is 6.42 Å².